The summed E-state index contributed by atoms with van der Waals surface area (Å²) in [5.41, 5.74) is 0. The summed E-state index contributed by atoms with van der Waals surface area (Å²) in [7, 11) is 0. The molecule has 3 heteroatoms. The zero-order valence-electron chi connectivity index (χ0n) is 2.91. The third kappa shape index (κ3) is 0.373. The van der Waals surface area contributed by atoms with E-state index in [2.05, 4.69) is 5.32 Å². The van der Waals surface area contributed by atoms with Gasteiger partial charge < -0.3 is 5.32 Å². The average Bonchev–Trinajstić information content (AvgIpc) is 1.61. The topological polar surface area (TPSA) is 12.0 Å². The van der Waals surface area contributed by atoms with Gasteiger partial charge in [0, 0.05) is 6.20 Å². The van der Waals surface area contributed by atoms with Gasteiger partial charge in [-0.2, -0.15) is 0 Å². The summed E-state index contributed by atoms with van der Waals surface area (Å²) in [6.45, 7) is 0. The van der Waals surface area contributed by atoms with Gasteiger partial charge in [0.15, 0.2) is 0 Å². The third-order valence-corrected chi connectivity index (χ3v) is 0.910. The zero-order valence-corrected chi connectivity index (χ0v) is 3.67. The molecular formula is C3H3ClFN. The minimum atomic E-state index is -1.09. The quantitative estimate of drug-likeness (QED) is 0.455. The smallest absolute Gasteiger partial charge is 0.207 e. The van der Waals surface area contributed by atoms with Crippen molar-refractivity contribution in [2.24, 2.45) is 0 Å². The molecule has 0 saturated heterocycles. The first kappa shape index (κ1) is 3.93. The van der Waals surface area contributed by atoms with Gasteiger partial charge in [0.05, 0.1) is 5.03 Å². The number of hydrogen-bond donors (Lipinski definition) is 1. The van der Waals surface area contributed by atoms with Crippen LogP contribution in [0.15, 0.2) is 11.2 Å². The summed E-state index contributed by atoms with van der Waals surface area (Å²) in [4.78, 5) is 0. The van der Waals surface area contributed by atoms with E-state index >= 15 is 0 Å². The Balaban J connectivity index is 2.51. The molecule has 0 amide bonds. The van der Waals surface area contributed by atoms with Gasteiger partial charge in [0.1, 0.15) is 0 Å². The van der Waals surface area contributed by atoms with E-state index < -0.39 is 6.30 Å². The molecule has 1 rings (SSSR count). The molecule has 1 atom stereocenters. The molecule has 0 fully saturated rings. The van der Waals surface area contributed by atoms with Gasteiger partial charge in [-0.1, -0.05) is 11.6 Å². The van der Waals surface area contributed by atoms with Crippen LogP contribution < -0.4 is 5.32 Å². The van der Waals surface area contributed by atoms with Crippen molar-refractivity contribution >= 4 is 11.6 Å². The van der Waals surface area contributed by atoms with Gasteiger partial charge in [0.25, 0.3) is 0 Å². The first-order valence-corrected chi connectivity index (χ1v) is 1.94. The summed E-state index contributed by atoms with van der Waals surface area (Å²) in [6, 6.07) is 0. The van der Waals surface area contributed by atoms with Crippen molar-refractivity contribution in [3.63, 3.8) is 0 Å². The second-order valence-electron chi connectivity index (χ2n) is 1.06. The van der Waals surface area contributed by atoms with Crippen molar-refractivity contribution in [1.82, 2.24) is 5.32 Å². The fourth-order valence-corrected chi connectivity index (χ4v) is 0.335. The lowest BCUT2D eigenvalue weighted by Crippen LogP contribution is -2.28. The molecule has 1 aliphatic rings. The van der Waals surface area contributed by atoms with Crippen LogP contribution in [0.1, 0.15) is 0 Å². The molecule has 0 spiro atoms. The van der Waals surface area contributed by atoms with Crippen LogP contribution in [0, 0.1) is 0 Å². The minimum Gasteiger partial charge on any atom is -0.356 e. The van der Waals surface area contributed by atoms with Crippen molar-refractivity contribution in [3.05, 3.63) is 11.2 Å². The molecule has 0 aliphatic carbocycles. The molecule has 1 aliphatic heterocycles. The second kappa shape index (κ2) is 1.12. The van der Waals surface area contributed by atoms with Crippen molar-refractivity contribution in [2.45, 2.75) is 6.30 Å². The molecule has 0 bridgehead atoms. The van der Waals surface area contributed by atoms with Crippen LogP contribution in [-0.2, 0) is 0 Å². The van der Waals surface area contributed by atoms with Gasteiger partial charge in [0.2, 0.25) is 6.30 Å². The number of halogens is 2. The highest BCUT2D eigenvalue weighted by Gasteiger charge is 2.15. The SMILES string of the molecule is F[C@H]1NC=C1Cl. The lowest BCUT2D eigenvalue weighted by atomic mass is 10.4. The molecule has 1 heterocycles. The second-order valence-corrected chi connectivity index (χ2v) is 1.49. The third-order valence-electron chi connectivity index (χ3n) is 0.610. The molecule has 0 aromatic carbocycles. The fraction of sp³-hybridized carbons (Fsp3) is 0.333. The first-order chi connectivity index (χ1) is 2.80. The maximum Gasteiger partial charge on any atom is 0.207 e. The van der Waals surface area contributed by atoms with Gasteiger partial charge in [-0.25, -0.2) is 4.39 Å². The van der Waals surface area contributed by atoms with Gasteiger partial charge in [-0.3, -0.25) is 0 Å². The molecule has 34 valence electrons. The van der Waals surface area contributed by atoms with Crippen LogP contribution in [0.5, 0.6) is 0 Å². The summed E-state index contributed by atoms with van der Waals surface area (Å²) < 4.78 is 11.6. The number of nitrogens with one attached hydrogen (secondary N) is 1. The normalized spacial score (nSPS) is 30.3. The Morgan fingerprint density at radius 3 is 2.50 bits per heavy atom. The van der Waals surface area contributed by atoms with Crippen LogP contribution in [-0.4, -0.2) is 6.30 Å². The first-order valence-electron chi connectivity index (χ1n) is 1.56. The van der Waals surface area contributed by atoms with Gasteiger partial charge in [-0.15, -0.1) is 0 Å². The monoisotopic (exact) mass is 107 g/mol. The number of rotatable bonds is 0. The van der Waals surface area contributed by atoms with E-state index in [4.69, 9.17) is 11.6 Å². The molecule has 0 radical (unpaired) electrons. The standard InChI is InChI=1S/C3H3ClFN/c4-2-1-6-3(2)5/h1,3,6H/t3-/m0/s1. The maximum absolute atomic E-state index is 11.6. The van der Waals surface area contributed by atoms with Crippen molar-refractivity contribution < 1.29 is 4.39 Å². The Morgan fingerprint density at radius 1 is 2.00 bits per heavy atom. The van der Waals surface area contributed by atoms with Crippen molar-refractivity contribution in [1.29, 1.82) is 0 Å². The van der Waals surface area contributed by atoms with Crippen LogP contribution in [0.25, 0.3) is 0 Å². The van der Waals surface area contributed by atoms with E-state index in [9.17, 15) is 4.39 Å². The number of hydrogen-bond acceptors (Lipinski definition) is 1. The molecule has 1 nitrogen and oxygen atoms in total. The Bertz CT molecular complexity index is 90.8. The van der Waals surface area contributed by atoms with Gasteiger partial charge in [-0.05, 0) is 0 Å². The Hall–Kier alpha value is -0.240. The lowest BCUT2D eigenvalue weighted by Gasteiger charge is -2.14. The maximum atomic E-state index is 11.6. The van der Waals surface area contributed by atoms with E-state index in [0.717, 1.165) is 0 Å². The average molecular weight is 108 g/mol. The Labute approximate surface area is 39.8 Å². The highest BCUT2D eigenvalue weighted by atomic mass is 35.5. The molecule has 0 aromatic rings. The zero-order chi connectivity index (χ0) is 4.57. The minimum absolute atomic E-state index is 0.259. The van der Waals surface area contributed by atoms with Crippen LogP contribution in [0.2, 0.25) is 0 Å². The van der Waals surface area contributed by atoms with Crippen molar-refractivity contribution in [3.8, 4) is 0 Å². The van der Waals surface area contributed by atoms with Crippen LogP contribution >= 0.6 is 11.6 Å². The van der Waals surface area contributed by atoms with E-state index in [0.29, 0.717) is 0 Å². The molecule has 6 heavy (non-hydrogen) atoms. The predicted octanol–water partition coefficient (Wildman–Crippen LogP) is 0.965. The van der Waals surface area contributed by atoms with E-state index in [-0.39, 0.29) is 5.03 Å². The molecule has 0 saturated carbocycles. The lowest BCUT2D eigenvalue weighted by molar-refractivity contribution is 0.330. The molecule has 0 unspecified atom stereocenters. The summed E-state index contributed by atoms with van der Waals surface area (Å²) in [6.07, 6.45) is 0.332. The number of alkyl halides is 1. The summed E-state index contributed by atoms with van der Waals surface area (Å²) >= 11 is 5.12. The van der Waals surface area contributed by atoms with E-state index in [1.165, 1.54) is 6.20 Å². The van der Waals surface area contributed by atoms with Crippen molar-refractivity contribution in [2.75, 3.05) is 0 Å². The van der Waals surface area contributed by atoms with E-state index in [1.807, 2.05) is 0 Å². The Kier molecular flexibility index (Phi) is 0.733. The highest BCUT2D eigenvalue weighted by Crippen LogP contribution is 2.14. The molecule has 1 N–H and O–H groups in total. The Morgan fingerprint density at radius 2 is 2.50 bits per heavy atom. The van der Waals surface area contributed by atoms with Gasteiger partial charge >= 0.3 is 0 Å². The predicted molar refractivity (Wildman–Crippen MR) is 22.0 cm³/mol. The summed E-state index contributed by atoms with van der Waals surface area (Å²) in [5.74, 6) is 0. The van der Waals surface area contributed by atoms with Crippen LogP contribution in [0.3, 0.4) is 0 Å². The highest BCUT2D eigenvalue weighted by molar-refractivity contribution is 6.30. The van der Waals surface area contributed by atoms with E-state index in [1.54, 1.807) is 0 Å². The van der Waals surface area contributed by atoms with Crippen LogP contribution in [0.4, 0.5) is 4.39 Å². The summed E-state index contributed by atoms with van der Waals surface area (Å²) in [5, 5.41) is 2.56. The largest absolute Gasteiger partial charge is 0.356 e. The fourth-order valence-electron chi connectivity index (χ4n) is 0.209. The molecular weight excluding hydrogens is 104 g/mol. The molecule has 0 aromatic heterocycles.